The van der Waals surface area contributed by atoms with E-state index in [1.807, 2.05) is 0 Å². The fourth-order valence-electron chi connectivity index (χ4n) is 1.72. The van der Waals surface area contributed by atoms with Crippen LogP contribution in [0.15, 0.2) is 28.3 Å². The molecule has 112 valence electrons. The number of halogens is 1. The van der Waals surface area contributed by atoms with Crippen molar-refractivity contribution < 1.29 is 18.0 Å². The third kappa shape index (κ3) is 3.45. The normalized spacial score (nSPS) is 14.6. The molecule has 1 rings (SSSR count). The van der Waals surface area contributed by atoms with Gasteiger partial charge in [0.2, 0.25) is 10.0 Å². The molecule has 1 aromatic carbocycles. The van der Waals surface area contributed by atoms with Crippen molar-refractivity contribution in [2.45, 2.75) is 31.2 Å². The van der Waals surface area contributed by atoms with E-state index in [4.69, 9.17) is 10.9 Å². The Bertz CT molecular complexity index is 616. The predicted molar refractivity (Wildman–Crippen MR) is 73.6 cm³/mol. The monoisotopic (exact) mass is 303 g/mol. The summed E-state index contributed by atoms with van der Waals surface area (Å²) in [7, 11) is -2.47. The van der Waals surface area contributed by atoms with Gasteiger partial charge in [0.25, 0.3) is 0 Å². The van der Waals surface area contributed by atoms with Crippen LogP contribution >= 0.6 is 0 Å². The largest absolute Gasteiger partial charge is 0.409 e. The lowest BCUT2D eigenvalue weighted by molar-refractivity contribution is 0.313. The average molecular weight is 303 g/mol. The zero-order valence-corrected chi connectivity index (χ0v) is 12.4. The van der Waals surface area contributed by atoms with Crippen LogP contribution in [0.4, 0.5) is 4.39 Å². The number of nitrogens with two attached hydrogens (primary N) is 1. The van der Waals surface area contributed by atoms with Crippen LogP contribution in [0.3, 0.4) is 0 Å². The van der Waals surface area contributed by atoms with Crippen molar-refractivity contribution in [3.63, 3.8) is 0 Å². The second kappa shape index (κ2) is 6.19. The molecule has 0 saturated carbocycles. The minimum atomic E-state index is -3.84. The zero-order valence-electron chi connectivity index (χ0n) is 11.5. The standard InChI is InChI=1S/C12H18FN3O3S/c1-8-4-5-10(13)7-11(8)20(18,19)16(3)9(2)6-12(14)15-17/h4-5,7,9,17H,6H2,1-3H3,(H2,14,15). The molecular weight excluding hydrogens is 285 g/mol. The van der Waals surface area contributed by atoms with Crippen LogP contribution in [-0.4, -0.2) is 36.9 Å². The lowest BCUT2D eigenvalue weighted by atomic mass is 10.2. The van der Waals surface area contributed by atoms with Gasteiger partial charge in [-0.05, 0) is 31.5 Å². The molecule has 1 aromatic rings. The molecule has 6 nitrogen and oxygen atoms in total. The molecule has 0 fully saturated rings. The van der Waals surface area contributed by atoms with Crippen LogP contribution < -0.4 is 5.73 Å². The molecule has 1 unspecified atom stereocenters. The van der Waals surface area contributed by atoms with Crippen molar-refractivity contribution in [3.05, 3.63) is 29.6 Å². The van der Waals surface area contributed by atoms with Crippen molar-refractivity contribution in [1.82, 2.24) is 4.31 Å². The van der Waals surface area contributed by atoms with Gasteiger partial charge >= 0.3 is 0 Å². The molecule has 8 heteroatoms. The van der Waals surface area contributed by atoms with E-state index >= 15 is 0 Å². The van der Waals surface area contributed by atoms with Crippen LogP contribution in [0.5, 0.6) is 0 Å². The van der Waals surface area contributed by atoms with Gasteiger partial charge < -0.3 is 10.9 Å². The number of hydrogen-bond donors (Lipinski definition) is 2. The van der Waals surface area contributed by atoms with E-state index in [0.717, 1.165) is 10.4 Å². The molecule has 20 heavy (non-hydrogen) atoms. The van der Waals surface area contributed by atoms with Crippen LogP contribution in [0.2, 0.25) is 0 Å². The fourth-order valence-corrected chi connectivity index (χ4v) is 3.31. The second-order valence-electron chi connectivity index (χ2n) is 4.58. The molecular formula is C12H18FN3O3S. The summed E-state index contributed by atoms with van der Waals surface area (Å²) >= 11 is 0. The summed E-state index contributed by atoms with van der Waals surface area (Å²) in [4.78, 5) is -0.0913. The first-order chi connectivity index (χ1) is 9.20. The van der Waals surface area contributed by atoms with E-state index in [9.17, 15) is 12.8 Å². The van der Waals surface area contributed by atoms with Crippen molar-refractivity contribution in [2.75, 3.05) is 7.05 Å². The maximum absolute atomic E-state index is 13.3. The first-order valence-electron chi connectivity index (χ1n) is 5.90. The number of hydrogen-bond acceptors (Lipinski definition) is 4. The van der Waals surface area contributed by atoms with Gasteiger partial charge in [-0.1, -0.05) is 11.2 Å². The Morgan fingerprint density at radius 1 is 1.55 bits per heavy atom. The SMILES string of the molecule is Cc1ccc(F)cc1S(=O)(=O)N(C)C(C)CC(N)=NO. The Labute approximate surface area is 117 Å². The van der Waals surface area contributed by atoms with Crippen LogP contribution in [0.25, 0.3) is 0 Å². The molecule has 0 aliphatic carbocycles. The minimum Gasteiger partial charge on any atom is -0.409 e. The van der Waals surface area contributed by atoms with E-state index < -0.39 is 21.9 Å². The van der Waals surface area contributed by atoms with Crippen molar-refractivity contribution in [1.29, 1.82) is 0 Å². The smallest absolute Gasteiger partial charge is 0.243 e. The van der Waals surface area contributed by atoms with E-state index in [1.54, 1.807) is 13.8 Å². The van der Waals surface area contributed by atoms with Crippen molar-refractivity contribution in [2.24, 2.45) is 10.9 Å². The third-order valence-corrected chi connectivity index (χ3v) is 5.17. The first kappa shape index (κ1) is 16.4. The number of amidine groups is 1. The molecule has 1 atom stereocenters. The quantitative estimate of drug-likeness (QED) is 0.371. The number of sulfonamides is 1. The molecule has 0 heterocycles. The van der Waals surface area contributed by atoms with Gasteiger partial charge in [-0.3, -0.25) is 0 Å². The highest BCUT2D eigenvalue weighted by molar-refractivity contribution is 7.89. The molecule has 0 aliphatic rings. The Balaban J connectivity index is 3.12. The molecule has 0 saturated heterocycles. The molecule has 3 N–H and O–H groups in total. The van der Waals surface area contributed by atoms with E-state index in [1.165, 1.54) is 19.2 Å². The van der Waals surface area contributed by atoms with Crippen molar-refractivity contribution >= 4 is 15.9 Å². The Kier molecular flexibility index (Phi) is 5.07. The summed E-state index contributed by atoms with van der Waals surface area (Å²) in [6.45, 7) is 3.21. The van der Waals surface area contributed by atoms with Gasteiger partial charge in [0.15, 0.2) is 0 Å². The Morgan fingerprint density at radius 2 is 2.15 bits per heavy atom. The van der Waals surface area contributed by atoms with Gasteiger partial charge in [-0.2, -0.15) is 4.31 Å². The van der Waals surface area contributed by atoms with Gasteiger partial charge in [0.05, 0.1) is 4.90 Å². The second-order valence-corrected chi connectivity index (χ2v) is 6.54. The average Bonchev–Trinajstić information content (AvgIpc) is 2.40. The molecule has 0 amide bonds. The maximum atomic E-state index is 13.3. The number of oxime groups is 1. The molecule has 0 aromatic heterocycles. The summed E-state index contributed by atoms with van der Waals surface area (Å²) < 4.78 is 39.2. The summed E-state index contributed by atoms with van der Waals surface area (Å²) in [6.07, 6.45) is 0.0700. The molecule has 0 radical (unpaired) electrons. The van der Waals surface area contributed by atoms with Gasteiger partial charge in [-0.25, -0.2) is 12.8 Å². The van der Waals surface area contributed by atoms with Crippen LogP contribution in [0.1, 0.15) is 18.9 Å². The number of rotatable bonds is 5. The van der Waals surface area contributed by atoms with E-state index in [0.29, 0.717) is 5.56 Å². The van der Waals surface area contributed by atoms with E-state index in [2.05, 4.69) is 5.16 Å². The fraction of sp³-hybridized carbons (Fsp3) is 0.417. The van der Waals surface area contributed by atoms with Gasteiger partial charge in [0, 0.05) is 19.5 Å². The minimum absolute atomic E-state index is 0.0700. The highest BCUT2D eigenvalue weighted by Crippen LogP contribution is 2.22. The highest BCUT2D eigenvalue weighted by atomic mass is 32.2. The lowest BCUT2D eigenvalue weighted by Crippen LogP contribution is -2.38. The lowest BCUT2D eigenvalue weighted by Gasteiger charge is -2.24. The summed E-state index contributed by atoms with van der Waals surface area (Å²) in [5, 5.41) is 11.3. The Hall–Kier alpha value is -1.67. The van der Waals surface area contributed by atoms with Crippen molar-refractivity contribution in [3.8, 4) is 0 Å². The topological polar surface area (TPSA) is 96.0 Å². The Morgan fingerprint density at radius 3 is 2.70 bits per heavy atom. The van der Waals surface area contributed by atoms with Gasteiger partial charge in [0.1, 0.15) is 11.7 Å². The maximum Gasteiger partial charge on any atom is 0.243 e. The number of aryl methyl sites for hydroxylation is 1. The molecule has 0 aliphatic heterocycles. The summed E-state index contributed by atoms with van der Waals surface area (Å²) in [5.74, 6) is -0.692. The number of nitrogens with zero attached hydrogens (tertiary/aromatic N) is 2. The third-order valence-electron chi connectivity index (χ3n) is 3.06. The van der Waals surface area contributed by atoms with Crippen LogP contribution in [0, 0.1) is 12.7 Å². The predicted octanol–water partition coefficient (Wildman–Crippen LogP) is 1.28. The number of benzene rings is 1. The zero-order chi connectivity index (χ0) is 15.5. The highest BCUT2D eigenvalue weighted by Gasteiger charge is 2.27. The van der Waals surface area contributed by atoms with E-state index in [-0.39, 0.29) is 17.2 Å². The van der Waals surface area contributed by atoms with Gasteiger partial charge in [-0.15, -0.1) is 0 Å². The van der Waals surface area contributed by atoms with Crippen LogP contribution in [-0.2, 0) is 10.0 Å². The molecule has 0 spiro atoms. The first-order valence-corrected chi connectivity index (χ1v) is 7.34. The summed E-state index contributed by atoms with van der Waals surface area (Å²) in [6, 6.07) is 3.06. The summed E-state index contributed by atoms with van der Waals surface area (Å²) in [5.41, 5.74) is 5.82. The molecule has 0 bridgehead atoms.